The lowest BCUT2D eigenvalue weighted by Gasteiger charge is -2.39. The van der Waals surface area contributed by atoms with Crippen molar-refractivity contribution in [2.75, 3.05) is 46.1 Å². The highest BCUT2D eigenvalue weighted by atomic mass is 19.1. The minimum absolute atomic E-state index is 0.00973. The van der Waals surface area contributed by atoms with Crippen molar-refractivity contribution >= 4 is 46.5 Å². The van der Waals surface area contributed by atoms with Crippen LogP contribution in [0.2, 0.25) is 0 Å². The van der Waals surface area contributed by atoms with Gasteiger partial charge in [0, 0.05) is 48.5 Å². The zero-order valence-electron chi connectivity index (χ0n) is 45.2. The molecule has 2 aromatic carbocycles. The SMILES string of the molecule is CC[C@@]1(O)C(=O)OCc2c1cc1n(c2=O)Cc2c-1nc1cc(F)c(C)c3c1c2[C@@H](NC(=O)COCCC(=O)CNC(=O)OCc1ccc(O[C@@H]2O[C@H](CO)[C@@H](O)[C@H](O)[C@H]2O)c(C(=O)NCCNC(=O)COC2C#CCCCCC2)c1)CC3. The van der Waals surface area contributed by atoms with E-state index >= 15 is 4.39 Å². The average molecular weight is 1140 g/mol. The number of carbonyl (C=O) groups excluding carboxylic acids is 6. The van der Waals surface area contributed by atoms with E-state index in [1.807, 2.05) is 0 Å². The van der Waals surface area contributed by atoms with Crippen molar-refractivity contribution in [3.8, 4) is 29.0 Å². The maximum absolute atomic E-state index is 15.4. The molecule has 9 N–H and O–H groups in total. The number of carbonyl (C=O) groups is 6. The largest absolute Gasteiger partial charge is 0.461 e. The summed E-state index contributed by atoms with van der Waals surface area (Å²) in [5, 5.41) is 63.6. The van der Waals surface area contributed by atoms with E-state index in [0.717, 1.165) is 37.7 Å². The first-order chi connectivity index (χ1) is 39.4. The van der Waals surface area contributed by atoms with E-state index in [1.54, 1.807) is 19.9 Å². The number of aryl methyl sites for hydroxylation is 1. The number of hydrogen-bond donors (Lipinski definition) is 9. The second kappa shape index (κ2) is 25.8. The number of amides is 4. The number of aliphatic hydroxyl groups excluding tert-OH is 4. The zero-order valence-corrected chi connectivity index (χ0v) is 45.2. The zero-order chi connectivity index (χ0) is 58.4. The summed E-state index contributed by atoms with van der Waals surface area (Å²) < 4.78 is 49.9. The van der Waals surface area contributed by atoms with Gasteiger partial charge in [0.1, 0.15) is 68.5 Å². The van der Waals surface area contributed by atoms with Gasteiger partial charge in [-0.25, -0.2) is 19.0 Å². The number of aliphatic hydroxyl groups is 5. The van der Waals surface area contributed by atoms with Crippen molar-refractivity contribution in [2.45, 2.75) is 140 Å². The molecule has 82 heavy (non-hydrogen) atoms. The molecule has 4 aromatic rings. The Morgan fingerprint density at radius 1 is 0.939 bits per heavy atom. The highest BCUT2D eigenvalue weighted by molar-refractivity contribution is 5.97. The molecule has 438 valence electrons. The smallest absolute Gasteiger partial charge is 0.407 e. The standard InChI is InChI=1S/C57H65FN6O18/c1-3-57(76)37-20-41-48-35(23-64(41)53(73)36(37)26-79-55(57)74)47-39(13-12-33-29(2)38(58)21-40(63-48)46(33)47)62-45(68)27-77-18-15-31(66)22-61-56(75)80-25-30-11-14-42(81-54-51(71)50(70)49(69)43(24-65)82-54)34(19-30)52(72)60-17-16-59-44(67)28-78-32-9-7-5-4-6-8-10-32/h11,14,19-21,32,39,43,49-51,54,65,69-71,76H,3-7,9,12-13,15-18,22-28H2,1-2H3,(H,59,67)(H,60,72)(H,61,75)(H,62,68)/t32?,39-,43+,49+,50-,51+,54+,57-/m0/s1. The fourth-order valence-corrected chi connectivity index (χ4v) is 10.8. The van der Waals surface area contributed by atoms with Gasteiger partial charge >= 0.3 is 12.1 Å². The van der Waals surface area contributed by atoms with Gasteiger partial charge in [-0.3, -0.25) is 24.0 Å². The van der Waals surface area contributed by atoms with E-state index < -0.39 is 116 Å². The number of Topliss-reactive ketones (excluding diaryl/α,β-unsaturated/α-hetero) is 1. The van der Waals surface area contributed by atoms with Crippen LogP contribution in [0.4, 0.5) is 9.18 Å². The second-order valence-corrected chi connectivity index (χ2v) is 20.7. The Balaban J connectivity index is 0.768. The third kappa shape index (κ3) is 12.6. The maximum Gasteiger partial charge on any atom is 0.407 e. The number of rotatable bonds is 21. The van der Waals surface area contributed by atoms with Gasteiger partial charge in [0.05, 0.1) is 60.4 Å². The lowest BCUT2D eigenvalue weighted by atomic mass is 9.81. The van der Waals surface area contributed by atoms with Crippen molar-refractivity contribution in [3.63, 3.8) is 0 Å². The van der Waals surface area contributed by atoms with Crippen molar-refractivity contribution in [1.29, 1.82) is 0 Å². The molecule has 24 nitrogen and oxygen atoms in total. The number of esters is 1. The molecule has 8 atom stereocenters. The highest BCUT2D eigenvalue weighted by Gasteiger charge is 2.47. The molecule has 9 rings (SSSR count). The Morgan fingerprint density at radius 2 is 1.74 bits per heavy atom. The van der Waals surface area contributed by atoms with Crippen LogP contribution in [0.25, 0.3) is 22.3 Å². The summed E-state index contributed by atoms with van der Waals surface area (Å²) in [5.74, 6) is 2.43. The third-order valence-corrected chi connectivity index (χ3v) is 15.3. The number of cyclic esters (lactones) is 1. The maximum atomic E-state index is 15.4. The number of alkyl carbamates (subject to hydrolysis) is 1. The molecular formula is C57H65FN6O18. The molecule has 1 unspecified atom stereocenters. The number of benzene rings is 2. The summed E-state index contributed by atoms with van der Waals surface area (Å²) in [6, 6.07) is 6.28. The van der Waals surface area contributed by atoms with Gasteiger partial charge < -0.3 is 79.8 Å². The summed E-state index contributed by atoms with van der Waals surface area (Å²) in [6.07, 6.45) is -4.53. The van der Waals surface area contributed by atoms with Gasteiger partial charge in [-0.1, -0.05) is 25.3 Å². The molecule has 1 saturated heterocycles. The fraction of sp³-hybridized carbons (Fsp3) is 0.509. The number of nitrogens with one attached hydrogen (secondary N) is 4. The number of aromatic nitrogens is 2. The normalized spacial score (nSPS) is 23.3. The van der Waals surface area contributed by atoms with Gasteiger partial charge in [0.15, 0.2) is 11.4 Å². The van der Waals surface area contributed by atoms with E-state index in [0.29, 0.717) is 51.8 Å². The lowest BCUT2D eigenvalue weighted by Crippen LogP contribution is -2.60. The number of ether oxygens (including phenoxy) is 6. The summed E-state index contributed by atoms with van der Waals surface area (Å²) in [7, 11) is 0. The predicted octanol–water partition coefficient (Wildman–Crippen LogP) is 0.910. The minimum atomic E-state index is -2.06. The molecule has 0 bridgehead atoms. The molecule has 1 fully saturated rings. The van der Waals surface area contributed by atoms with Crippen LogP contribution in [0.3, 0.4) is 0 Å². The third-order valence-electron chi connectivity index (χ3n) is 15.3. The molecule has 4 amide bonds. The molecule has 0 radical (unpaired) electrons. The van der Waals surface area contributed by atoms with Gasteiger partial charge in [-0.2, -0.15) is 0 Å². The predicted molar refractivity (Wildman–Crippen MR) is 284 cm³/mol. The van der Waals surface area contributed by atoms with E-state index in [4.69, 9.17) is 33.4 Å². The Bertz CT molecular complexity index is 3290. The van der Waals surface area contributed by atoms with Crippen molar-refractivity contribution < 1.29 is 87.1 Å². The molecule has 0 spiro atoms. The molecule has 25 heteroatoms. The Morgan fingerprint density at radius 3 is 2.54 bits per heavy atom. The lowest BCUT2D eigenvalue weighted by molar-refractivity contribution is -0.277. The van der Waals surface area contributed by atoms with Crippen LogP contribution in [-0.4, -0.2) is 154 Å². The van der Waals surface area contributed by atoms with Gasteiger partial charge in [0.2, 0.25) is 18.1 Å². The number of pyridine rings is 2. The van der Waals surface area contributed by atoms with Crippen LogP contribution in [0, 0.1) is 24.6 Å². The Kier molecular flexibility index (Phi) is 18.6. The molecule has 0 saturated carbocycles. The van der Waals surface area contributed by atoms with Crippen LogP contribution >= 0.6 is 0 Å². The molecular weight excluding hydrogens is 1080 g/mol. The summed E-state index contributed by atoms with van der Waals surface area (Å²) in [6.45, 7) is 0.473. The van der Waals surface area contributed by atoms with Gasteiger partial charge in [0.25, 0.3) is 11.5 Å². The number of halogens is 1. The van der Waals surface area contributed by atoms with E-state index in [-0.39, 0.29) is 86.4 Å². The quantitative estimate of drug-likeness (QED) is 0.0280. The van der Waals surface area contributed by atoms with E-state index in [1.165, 1.54) is 28.8 Å². The topological polar surface area (TPSA) is 342 Å². The van der Waals surface area contributed by atoms with Crippen LogP contribution in [-0.2, 0) is 74.6 Å². The minimum Gasteiger partial charge on any atom is -0.461 e. The van der Waals surface area contributed by atoms with Crippen molar-refractivity contribution in [3.05, 3.63) is 91.0 Å². The highest BCUT2D eigenvalue weighted by Crippen LogP contribution is 2.46. The molecule has 3 aliphatic heterocycles. The van der Waals surface area contributed by atoms with Crippen LogP contribution in [0.5, 0.6) is 5.75 Å². The number of nitrogens with zero attached hydrogens (tertiary/aromatic N) is 2. The van der Waals surface area contributed by atoms with Crippen molar-refractivity contribution in [2.24, 2.45) is 0 Å². The fourth-order valence-electron chi connectivity index (χ4n) is 10.8. The van der Waals surface area contributed by atoms with Crippen molar-refractivity contribution in [1.82, 2.24) is 30.8 Å². The first-order valence-electron chi connectivity index (χ1n) is 27.3. The number of fused-ring (bicyclic) bond motifs is 5. The van der Waals surface area contributed by atoms with Crippen LogP contribution < -0.4 is 31.6 Å². The Labute approximate surface area is 468 Å². The molecule has 5 heterocycles. The number of ketones is 1. The molecule has 2 aliphatic carbocycles. The number of hydrogen-bond acceptors (Lipinski definition) is 19. The first-order valence-corrected chi connectivity index (χ1v) is 27.3. The van der Waals surface area contributed by atoms with Gasteiger partial charge in [-0.15, -0.1) is 5.92 Å². The van der Waals surface area contributed by atoms with E-state index in [2.05, 4.69) is 33.1 Å². The average Bonchev–Trinajstić information content (AvgIpc) is 1.91. The monoisotopic (exact) mass is 1140 g/mol. The Hall–Kier alpha value is -7.41. The summed E-state index contributed by atoms with van der Waals surface area (Å²) >= 11 is 0. The van der Waals surface area contributed by atoms with E-state index in [9.17, 15) is 59.1 Å². The molecule has 2 aromatic heterocycles. The summed E-state index contributed by atoms with van der Waals surface area (Å²) in [5.41, 5.74) is 1.25. The second-order valence-electron chi connectivity index (χ2n) is 20.7. The summed E-state index contributed by atoms with van der Waals surface area (Å²) in [4.78, 5) is 96.7. The van der Waals surface area contributed by atoms with Gasteiger partial charge in [-0.05, 0) is 85.9 Å². The van der Waals surface area contributed by atoms with Crippen LogP contribution in [0.1, 0.15) is 114 Å². The first kappa shape index (κ1) is 59.2. The molecule has 5 aliphatic rings. The van der Waals surface area contributed by atoms with Crippen LogP contribution in [0.15, 0.2) is 35.1 Å².